The summed E-state index contributed by atoms with van der Waals surface area (Å²) in [7, 11) is 3.70. The largest absolute Gasteiger partial charge is 0.380 e. The summed E-state index contributed by atoms with van der Waals surface area (Å²) in [5, 5.41) is 3.19. The maximum absolute atomic E-state index is 5.75. The molecule has 3 nitrogen and oxygen atoms in total. The topological polar surface area (TPSA) is 47.3 Å². The van der Waals surface area contributed by atoms with Gasteiger partial charge in [-0.3, -0.25) is 0 Å². The molecular formula is C7H16N2O. The molecule has 0 aromatic rings. The van der Waals surface area contributed by atoms with Gasteiger partial charge in [0.1, 0.15) is 0 Å². The fourth-order valence-corrected chi connectivity index (χ4v) is 1.60. The minimum Gasteiger partial charge on any atom is -0.380 e. The van der Waals surface area contributed by atoms with E-state index in [-0.39, 0.29) is 0 Å². The maximum Gasteiger partial charge on any atom is 0.0739 e. The molecule has 0 radical (unpaired) electrons. The molecule has 1 rings (SSSR count). The first-order chi connectivity index (χ1) is 4.77. The van der Waals surface area contributed by atoms with Crippen molar-refractivity contribution in [3.8, 4) is 0 Å². The lowest BCUT2D eigenvalue weighted by Crippen LogP contribution is -2.33. The van der Waals surface area contributed by atoms with Gasteiger partial charge >= 0.3 is 0 Å². The van der Waals surface area contributed by atoms with Crippen molar-refractivity contribution < 1.29 is 4.74 Å². The second-order valence-electron chi connectivity index (χ2n) is 2.90. The predicted octanol–water partition coefficient (Wildman–Crippen LogP) is -0.289. The van der Waals surface area contributed by atoms with Crippen LogP contribution < -0.4 is 11.1 Å². The molecule has 3 heteroatoms. The summed E-state index contributed by atoms with van der Waals surface area (Å²) in [5.74, 6) is 0. The molecule has 1 fully saturated rings. The molecule has 0 bridgehead atoms. The molecule has 60 valence electrons. The molecule has 10 heavy (non-hydrogen) atoms. The lowest BCUT2D eigenvalue weighted by Gasteiger charge is -2.15. The van der Waals surface area contributed by atoms with Crippen molar-refractivity contribution in [3.63, 3.8) is 0 Å². The monoisotopic (exact) mass is 144 g/mol. The van der Waals surface area contributed by atoms with Gasteiger partial charge in [0.2, 0.25) is 0 Å². The first kappa shape index (κ1) is 7.98. The van der Waals surface area contributed by atoms with E-state index < -0.39 is 0 Å². The average molecular weight is 144 g/mol. The molecule has 1 aliphatic carbocycles. The number of nitrogens with two attached hydrogens (primary N) is 1. The third kappa shape index (κ3) is 1.48. The molecule has 0 spiro atoms. The Morgan fingerprint density at radius 2 is 2.20 bits per heavy atom. The van der Waals surface area contributed by atoms with Crippen LogP contribution in [0.1, 0.15) is 12.8 Å². The molecule has 0 heterocycles. The standard InChI is InChI=1S/C7H16N2O/c1-9-6-3-5(8)4-7(6)10-2/h5-7,9H,3-4,8H2,1-2H3/t5-,6+,7-/m1/s1. The van der Waals surface area contributed by atoms with E-state index in [9.17, 15) is 0 Å². The molecule has 3 N–H and O–H groups in total. The van der Waals surface area contributed by atoms with Crippen LogP contribution in [0, 0.1) is 0 Å². The van der Waals surface area contributed by atoms with Crippen LogP contribution in [-0.2, 0) is 4.74 Å². The number of likely N-dealkylation sites (N-methyl/N-ethyl adjacent to an activating group) is 1. The summed E-state index contributed by atoms with van der Waals surface area (Å²) < 4.78 is 5.24. The highest BCUT2D eigenvalue weighted by atomic mass is 16.5. The Hall–Kier alpha value is -0.120. The van der Waals surface area contributed by atoms with E-state index in [1.165, 1.54) is 0 Å². The summed E-state index contributed by atoms with van der Waals surface area (Å²) in [6.07, 6.45) is 2.34. The second-order valence-corrected chi connectivity index (χ2v) is 2.90. The van der Waals surface area contributed by atoms with Crippen LogP contribution >= 0.6 is 0 Å². The predicted molar refractivity (Wildman–Crippen MR) is 40.9 cm³/mol. The Balaban J connectivity index is 2.41. The molecule has 0 aromatic carbocycles. The fourth-order valence-electron chi connectivity index (χ4n) is 1.60. The number of methoxy groups -OCH3 is 1. The molecular weight excluding hydrogens is 128 g/mol. The van der Waals surface area contributed by atoms with E-state index in [4.69, 9.17) is 10.5 Å². The highest BCUT2D eigenvalue weighted by Crippen LogP contribution is 2.19. The Bertz CT molecular complexity index is 95.8. The van der Waals surface area contributed by atoms with Crippen molar-refractivity contribution in [1.29, 1.82) is 0 Å². The van der Waals surface area contributed by atoms with Crippen molar-refractivity contribution >= 4 is 0 Å². The average Bonchev–Trinajstić information content (AvgIpc) is 2.30. The summed E-state index contributed by atoms with van der Waals surface area (Å²) in [5.41, 5.74) is 5.75. The zero-order chi connectivity index (χ0) is 7.56. The van der Waals surface area contributed by atoms with Crippen molar-refractivity contribution in [2.24, 2.45) is 5.73 Å². The second kappa shape index (κ2) is 3.32. The molecule has 0 aromatic heterocycles. The fraction of sp³-hybridized carbons (Fsp3) is 1.00. The van der Waals surface area contributed by atoms with Crippen LogP contribution in [0.3, 0.4) is 0 Å². The van der Waals surface area contributed by atoms with Crippen LogP contribution in [0.25, 0.3) is 0 Å². The first-order valence-electron chi connectivity index (χ1n) is 3.73. The minimum atomic E-state index is 0.319. The van der Waals surface area contributed by atoms with Crippen LogP contribution in [0.2, 0.25) is 0 Å². The number of ether oxygens (including phenoxy) is 1. The summed E-state index contributed by atoms with van der Waals surface area (Å²) in [6.45, 7) is 0. The Labute approximate surface area is 61.9 Å². The zero-order valence-corrected chi connectivity index (χ0v) is 6.63. The van der Waals surface area contributed by atoms with E-state index in [2.05, 4.69) is 5.32 Å². The number of hydrogen-bond acceptors (Lipinski definition) is 3. The third-order valence-corrected chi connectivity index (χ3v) is 2.21. The van der Waals surface area contributed by atoms with Gasteiger partial charge in [-0.05, 0) is 19.9 Å². The van der Waals surface area contributed by atoms with E-state index >= 15 is 0 Å². The number of nitrogens with one attached hydrogen (secondary N) is 1. The van der Waals surface area contributed by atoms with Gasteiger partial charge in [0.25, 0.3) is 0 Å². The molecule has 1 saturated carbocycles. The van der Waals surface area contributed by atoms with Crippen LogP contribution in [0.4, 0.5) is 0 Å². The van der Waals surface area contributed by atoms with Crippen molar-refractivity contribution in [2.75, 3.05) is 14.2 Å². The maximum atomic E-state index is 5.75. The van der Waals surface area contributed by atoms with Gasteiger partial charge < -0.3 is 15.8 Å². The van der Waals surface area contributed by atoms with Crippen molar-refractivity contribution in [3.05, 3.63) is 0 Å². The molecule has 1 aliphatic rings. The smallest absolute Gasteiger partial charge is 0.0739 e. The third-order valence-electron chi connectivity index (χ3n) is 2.21. The van der Waals surface area contributed by atoms with Gasteiger partial charge in [-0.25, -0.2) is 0 Å². The molecule has 3 atom stereocenters. The zero-order valence-electron chi connectivity index (χ0n) is 6.63. The lowest BCUT2D eigenvalue weighted by atomic mass is 10.2. The van der Waals surface area contributed by atoms with E-state index in [0.717, 1.165) is 12.8 Å². The Kier molecular flexibility index (Phi) is 2.65. The number of rotatable bonds is 2. The van der Waals surface area contributed by atoms with Crippen molar-refractivity contribution in [2.45, 2.75) is 31.0 Å². The van der Waals surface area contributed by atoms with Gasteiger partial charge in [0.05, 0.1) is 6.10 Å². The molecule has 0 aliphatic heterocycles. The summed E-state index contributed by atoms with van der Waals surface area (Å²) in [6, 6.07) is 0.780. The quantitative estimate of drug-likeness (QED) is 0.560. The Morgan fingerprint density at radius 3 is 2.60 bits per heavy atom. The molecule has 0 amide bonds. The normalized spacial score (nSPS) is 40.5. The van der Waals surface area contributed by atoms with Gasteiger partial charge in [-0.15, -0.1) is 0 Å². The minimum absolute atomic E-state index is 0.319. The van der Waals surface area contributed by atoms with Crippen LogP contribution in [-0.4, -0.2) is 32.3 Å². The lowest BCUT2D eigenvalue weighted by molar-refractivity contribution is 0.0869. The summed E-state index contributed by atoms with van der Waals surface area (Å²) >= 11 is 0. The first-order valence-corrected chi connectivity index (χ1v) is 3.73. The van der Waals surface area contributed by atoms with Crippen LogP contribution in [0.15, 0.2) is 0 Å². The highest BCUT2D eigenvalue weighted by molar-refractivity contribution is 4.90. The van der Waals surface area contributed by atoms with Gasteiger partial charge in [-0.2, -0.15) is 0 Å². The van der Waals surface area contributed by atoms with Gasteiger partial charge in [-0.1, -0.05) is 0 Å². The van der Waals surface area contributed by atoms with E-state index in [1.54, 1.807) is 7.11 Å². The van der Waals surface area contributed by atoms with Crippen molar-refractivity contribution in [1.82, 2.24) is 5.32 Å². The van der Waals surface area contributed by atoms with Crippen LogP contribution in [0.5, 0.6) is 0 Å². The molecule has 0 unspecified atom stereocenters. The number of hydrogen-bond donors (Lipinski definition) is 2. The van der Waals surface area contributed by atoms with E-state index in [1.807, 2.05) is 7.05 Å². The highest BCUT2D eigenvalue weighted by Gasteiger charge is 2.30. The summed E-state index contributed by atoms with van der Waals surface area (Å²) in [4.78, 5) is 0. The SMILES string of the molecule is CN[C@H]1C[C@@H](N)C[C@H]1OC. The van der Waals surface area contributed by atoms with E-state index in [0.29, 0.717) is 18.2 Å². The Morgan fingerprint density at radius 1 is 1.50 bits per heavy atom. The van der Waals surface area contributed by atoms with Gasteiger partial charge in [0, 0.05) is 19.2 Å². The molecule has 0 saturated heterocycles. The van der Waals surface area contributed by atoms with Gasteiger partial charge in [0.15, 0.2) is 0 Å².